The summed E-state index contributed by atoms with van der Waals surface area (Å²) >= 11 is 1.76. The minimum Gasteiger partial charge on any atom is -0.461 e. The Morgan fingerprint density at radius 3 is 2.90 bits per heavy atom. The summed E-state index contributed by atoms with van der Waals surface area (Å²) < 4.78 is 10.1. The third-order valence-electron chi connectivity index (χ3n) is 2.87. The molecule has 108 valence electrons. The number of anilines is 1. The van der Waals surface area contributed by atoms with E-state index in [9.17, 15) is 4.79 Å². The highest BCUT2D eigenvalue weighted by molar-refractivity contribution is 7.12. The number of thiophene rings is 1. The first-order valence-electron chi connectivity index (χ1n) is 6.47. The molecule has 2 rings (SSSR count). The number of carbonyl (C=O) groups excluding carboxylic acids is 1. The fraction of sp³-hybridized carbons (Fsp3) is 0.429. The molecule has 5 nitrogen and oxygen atoms in total. The Balaban J connectivity index is 2.07. The molecule has 2 heterocycles. The third-order valence-corrected chi connectivity index (χ3v) is 3.86. The molecule has 0 fully saturated rings. The van der Waals surface area contributed by atoms with Crippen LogP contribution in [0.1, 0.15) is 45.7 Å². The smallest absolute Gasteiger partial charge is 0.360 e. The molecule has 6 heteroatoms. The zero-order chi connectivity index (χ0) is 14.7. The van der Waals surface area contributed by atoms with Crippen LogP contribution in [-0.2, 0) is 4.74 Å². The van der Waals surface area contributed by atoms with Gasteiger partial charge in [0.1, 0.15) is 6.26 Å². The topological polar surface area (TPSA) is 64.4 Å². The minimum atomic E-state index is -0.473. The Morgan fingerprint density at radius 2 is 2.30 bits per heavy atom. The van der Waals surface area contributed by atoms with Crippen LogP contribution in [0.2, 0.25) is 0 Å². The van der Waals surface area contributed by atoms with Gasteiger partial charge in [-0.2, -0.15) is 4.98 Å². The maximum atomic E-state index is 11.5. The predicted molar refractivity (Wildman–Crippen MR) is 78.3 cm³/mol. The lowest BCUT2D eigenvalue weighted by atomic mass is 10.1. The van der Waals surface area contributed by atoms with E-state index in [1.165, 1.54) is 21.6 Å². The van der Waals surface area contributed by atoms with Crippen LogP contribution in [0.5, 0.6) is 0 Å². The Bertz CT molecular complexity index is 603. The normalized spacial score (nSPS) is 12.2. The standard InChI is InChI=1S/C14H18N2O3S/c1-5-18-13(17)12-7-19-14(16-12)15-9(3)11-6-8(2)20-10(11)4/h6-7,9H,5H2,1-4H3,(H,15,16). The molecule has 0 aliphatic rings. The fourth-order valence-electron chi connectivity index (χ4n) is 1.98. The first kappa shape index (κ1) is 14.6. The molecule has 0 aliphatic heterocycles. The van der Waals surface area contributed by atoms with Gasteiger partial charge in [-0.3, -0.25) is 0 Å². The third kappa shape index (κ3) is 3.19. The van der Waals surface area contributed by atoms with E-state index in [0.29, 0.717) is 12.6 Å². The highest BCUT2D eigenvalue weighted by Gasteiger charge is 2.16. The van der Waals surface area contributed by atoms with Gasteiger partial charge in [-0.05, 0) is 39.3 Å². The molecule has 20 heavy (non-hydrogen) atoms. The fourth-order valence-corrected chi connectivity index (χ4v) is 3.00. The largest absolute Gasteiger partial charge is 0.461 e. The Hall–Kier alpha value is -1.82. The van der Waals surface area contributed by atoms with E-state index < -0.39 is 5.97 Å². The average molecular weight is 294 g/mol. The molecule has 0 saturated carbocycles. The Morgan fingerprint density at radius 1 is 1.55 bits per heavy atom. The molecule has 0 spiro atoms. The van der Waals surface area contributed by atoms with Gasteiger partial charge in [0.15, 0.2) is 5.69 Å². The van der Waals surface area contributed by atoms with Crippen molar-refractivity contribution in [3.05, 3.63) is 33.3 Å². The van der Waals surface area contributed by atoms with Crippen molar-refractivity contribution in [2.45, 2.75) is 33.7 Å². The van der Waals surface area contributed by atoms with E-state index in [1.807, 2.05) is 6.92 Å². The quantitative estimate of drug-likeness (QED) is 0.852. The molecule has 0 aromatic carbocycles. The number of nitrogens with zero attached hydrogens (tertiary/aromatic N) is 1. The lowest BCUT2D eigenvalue weighted by Crippen LogP contribution is -2.08. The lowest BCUT2D eigenvalue weighted by Gasteiger charge is -2.11. The molecule has 2 aromatic rings. The minimum absolute atomic E-state index is 0.0636. The van der Waals surface area contributed by atoms with E-state index in [1.54, 1.807) is 18.3 Å². The van der Waals surface area contributed by atoms with Gasteiger partial charge in [0.05, 0.1) is 12.6 Å². The summed E-state index contributed by atoms with van der Waals surface area (Å²) in [5.41, 5.74) is 1.39. The molecular weight excluding hydrogens is 276 g/mol. The van der Waals surface area contributed by atoms with Gasteiger partial charge in [0.25, 0.3) is 6.01 Å². The molecular formula is C14H18N2O3S. The number of hydrogen-bond acceptors (Lipinski definition) is 6. The van der Waals surface area contributed by atoms with Crippen LogP contribution in [-0.4, -0.2) is 17.6 Å². The zero-order valence-electron chi connectivity index (χ0n) is 12.0. The SMILES string of the molecule is CCOC(=O)c1coc(NC(C)c2cc(C)sc2C)n1. The predicted octanol–water partition coefficient (Wildman–Crippen LogP) is 3.70. The summed E-state index contributed by atoms with van der Waals surface area (Å²) in [5, 5.41) is 3.15. The Labute approximate surface area is 122 Å². The number of aryl methyl sites for hydroxylation is 2. The van der Waals surface area contributed by atoms with Crippen molar-refractivity contribution in [2.24, 2.45) is 0 Å². The molecule has 2 aromatic heterocycles. The summed E-state index contributed by atoms with van der Waals surface area (Å²) in [7, 11) is 0. The van der Waals surface area contributed by atoms with Crippen molar-refractivity contribution in [3.63, 3.8) is 0 Å². The van der Waals surface area contributed by atoms with Gasteiger partial charge in [-0.1, -0.05) is 0 Å². The summed E-state index contributed by atoms with van der Waals surface area (Å²) in [6.07, 6.45) is 1.30. The maximum Gasteiger partial charge on any atom is 0.360 e. The second-order valence-corrected chi connectivity index (χ2v) is 5.95. The van der Waals surface area contributed by atoms with E-state index in [0.717, 1.165) is 0 Å². The monoisotopic (exact) mass is 294 g/mol. The van der Waals surface area contributed by atoms with Crippen LogP contribution in [0.15, 0.2) is 16.7 Å². The van der Waals surface area contributed by atoms with E-state index in [2.05, 4.69) is 30.2 Å². The number of oxazole rings is 1. The molecule has 0 saturated heterocycles. The molecule has 0 aliphatic carbocycles. The van der Waals surface area contributed by atoms with Crippen molar-refractivity contribution in [1.29, 1.82) is 0 Å². The summed E-state index contributed by atoms with van der Waals surface area (Å²) in [6, 6.07) is 2.53. The summed E-state index contributed by atoms with van der Waals surface area (Å²) in [6.45, 7) is 8.27. The molecule has 1 atom stereocenters. The first-order chi connectivity index (χ1) is 9.51. The van der Waals surface area contributed by atoms with Crippen LogP contribution >= 0.6 is 11.3 Å². The lowest BCUT2D eigenvalue weighted by molar-refractivity contribution is 0.0519. The molecule has 0 amide bonds. The van der Waals surface area contributed by atoms with Crippen molar-refractivity contribution in [1.82, 2.24) is 4.98 Å². The second kappa shape index (κ2) is 6.09. The Kier molecular flexibility index (Phi) is 4.44. The van der Waals surface area contributed by atoms with Gasteiger partial charge in [-0.15, -0.1) is 11.3 Å². The highest BCUT2D eigenvalue weighted by Crippen LogP contribution is 2.28. The molecule has 0 radical (unpaired) electrons. The second-order valence-electron chi connectivity index (χ2n) is 4.49. The van der Waals surface area contributed by atoms with Gasteiger partial charge in [0, 0.05) is 9.75 Å². The zero-order valence-corrected chi connectivity index (χ0v) is 12.8. The van der Waals surface area contributed by atoms with Crippen LogP contribution in [0.3, 0.4) is 0 Å². The van der Waals surface area contributed by atoms with Gasteiger partial charge in [0.2, 0.25) is 0 Å². The van der Waals surface area contributed by atoms with Gasteiger partial charge >= 0.3 is 5.97 Å². The van der Waals surface area contributed by atoms with E-state index in [-0.39, 0.29) is 11.7 Å². The highest BCUT2D eigenvalue weighted by atomic mass is 32.1. The molecule has 0 bridgehead atoms. The van der Waals surface area contributed by atoms with Crippen LogP contribution in [0, 0.1) is 13.8 Å². The van der Waals surface area contributed by atoms with Gasteiger partial charge in [-0.25, -0.2) is 4.79 Å². The summed E-state index contributed by atoms with van der Waals surface area (Å²) in [4.78, 5) is 18.1. The molecule has 1 unspecified atom stereocenters. The number of carbonyl (C=O) groups is 1. The maximum absolute atomic E-state index is 11.5. The number of esters is 1. The average Bonchev–Trinajstić information content (AvgIpc) is 2.96. The molecule has 1 N–H and O–H groups in total. The van der Waals surface area contributed by atoms with Crippen molar-refractivity contribution in [3.8, 4) is 0 Å². The number of nitrogens with one attached hydrogen (secondary N) is 1. The van der Waals surface area contributed by atoms with Crippen LogP contribution in [0.25, 0.3) is 0 Å². The number of rotatable bonds is 5. The van der Waals surface area contributed by atoms with Crippen LogP contribution < -0.4 is 5.32 Å². The number of aromatic nitrogens is 1. The first-order valence-corrected chi connectivity index (χ1v) is 7.29. The number of hydrogen-bond donors (Lipinski definition) is 1. The van der Waals surface area contributed by atoms with Crippen LogP contribution in [0.4, 0.5) is 6.01 Å². The summed E-state index contributed by atoms with van der Waals surface area (Å²) in [5.74, 6) is -0.473. The van der Waals surface area contributed by atoms with Crippen molar-refractivity contribution < 1.29 is 13.9 Å². The number of ether oxygens (including phenoxy) is 1. The van der Waals surface area contributed by atoms with E-state index in [4.69, 9.17) is 9.15 Å². The van der Waals surface area contributed by atoms with Crippen molar-refractivity contribution >= 4 is 23.3 Å². The van der Waals surface area contributed by atoms with Crippen molar-refractivity contribution in [2.75, 3.05) is 11.9 Å². The van der Waals surface area contributed by atoms with E-state index >= 15 is 0 Å². The van der Waals surface area contributed by atoms with Gasteiger partial charge < -0.3 is 14.5 Å².